The number of carboxylic acid groups (broad SMARTS) is 3. The van der Waals surface area contributed by atoms with Crippen molar-refractivity contribution in [3.8, 4) is 5.75 Å². The first-order chi connectivity index (χ1) is 53.5. The molecular weight excluding hydrogens is 1480 g/mol. The van der Waals surface area contributed by atoms with Crippen LogP contribution < -0.4 is 75.7 Å². The van der Waals surface area contributed by atoms with Crippen LogP contribution in [-0.2, 0) is 96.0 Å². The molecule has 3 aromatic carbocycles. The Morgan fingerprint density at radius 1 is 0.522 bits per heavy atom. The van der Waals surface area contributed by atoms with Crippen molar-refractivity contribution in [3.63, 3.8) is 0 Å². The van der Waals surface area contributed by atoms with Gasteiger partial charge in [-0.25, -0.2) is 4.79 Å². The number of rotatable bonds is 43. The third kappa shape index (κ3) is 27.0. The average Bonchev–Trinajstić information content (AvgIpc) is 1.72. The van der Waals surface area contributed by atoms with Crippen molar-refractivity contribution in [3.05, 3.63) is 102 Å². The summed E-state index contributed by atoms with van der Waals surface area (Å²) in [5.41, 5.74) is 18.4. The van der Waals surface area contributed by atoms with E-state index < -0.39 is 230 Å². The number of fused-ring (bicyclic) bond motifs is 1. The van der Waals surface area contributed by atoms with Gasteiger partial charge in [0.15, 0.2) is 5.96 Å². The Balaban J connectivity index is 1.23. The molecule has 0 saturated carbocycles. The molecule has 41 heteroatoms. The number of nitrogens with one attached hydrogen (secondary N) is 13. The van der Waals surface area contributed by atoms with Crippen LogP contribution in [0.25, 0.3) is 10.9 Å². The van der Waals surface area contributed by atoms with E-state index in [1.165, 1.54) is 61.3 Å². The van der Waals surface area contributed by atoms with E-state index in [-0.39, 0.29) is 70.3 Å². The van der Waals surface area contributed by atoms with Crippen molar-refractivity contribution in [2.45, 2.75) is 195 Å². The number of amides is 13. The number of carbonyl (C=O) groups excluding carboxylic acids is 13. The Morgan fingerprint density at radius 3 is 1.57 bits per heavy atom. The second-order valence-electron chi connectivity index (χ2n) is 27.4. The number of aromatic hydroxyl groups is 1. The van der Waals surface area contributed by atoms with Crippen LogP contribution in [0.4, 0.5) is 0 Å². The van der Waals surface area contributed by atoms with Crippen molar-refractivity contribution in [1.82, 2.24) is 73.3 Å². The number of phenols is 1. The molecule has 1 aromatic heterocycles. The number of aromatic amines is 1. The molecule has 614 valence electrons. The lowest BCUT2D eigenvalue weighted by Gasteiger charge is -2.30. The predicted molar refractivity (Wildman–Crippen MR) is 397 cm³/mol. The number of primary amides is 1. The van der Waals surface area contributed by atoms with Gasteiger partial charge in [0.05, 0.1) is 31.7 Å². The zero-order valence-electron chi connectivity index (χ0n) is 62.1. The molecule has 26 N–H and O–H groups in total. The van der Waals surface area contributed by atoms with Crippen molar-refractivity contribution >= 4 is 112 Å². The zero-order chi connectivity index (χ0) is 83.5. The standard InChI is InChI=1S/C72H98N18O23/c1-35(79-66(107)52-17-11-27-90(52)70(111)57(74)36(2)92)59(100)82-46(29-39-19-21-41(94)22-20-39)61(102)84-48(30-40-33-78-43-15-8-7-14-42(40)43)63(104)80-44(23-24-55(96)97)60(101)83-47(28-38-12-5-4-6-13-38)62(103)85-49(31-54(73)95)64(105)86-50(32-56(98)99)69(110)89-26-10-18-53(89)67(108)87-51(34-91)65(106)88-58(37(3)93)68(109)81-45(71(112)113)16-9-25-77-72(75)76/h4-8,12-15,19-22,33,35-37,44-53,57-58,78,91-94H,9-11,16-18,23-32,34,74H2,1-3H3,(H2,73,95)(H,79,107)(H,80,104)(H,81,109)(H,82,100)(H,83,101)(H,84,102)(H,85,103)(H,86,105)(H,87,108)(H,88,106)(H,96,97)(H,98,99)(H,112,113)(H4,75,76,77)/t35-,36+,37+,44-,45-,46-,47-,48-,49-,50-,51-,52-,53-,57-,58-/m0/s1. The largest absolute Gasteiger partial charge is 0.508 e. The molecule has 0 radical (unpaired) electrons. The van der Waals surface area contributed by atoms with E-state index in [0.717, 1.165) is 11.8 Å². The number of para-hydroxylation sites is 1. The van der Waals surface area contributed by atoms with Gasteiger partial charge in [0.1, 0.15) is 84.3 Å². The minimum Gasteiger partial charge on any atom is -0.508 e. The smallest absolute Gasteiger partial charge is 0.326 e. The van der Waals surface area contributed by atoms with Crippen LogP contribution in [-0.4, -0.2) is 268 Å². The number of nitrogens with two attached hydrogens (primary N) is 3. The maximum Gasteiger partial charge on any atom is 0.326 e. The Hall–Kier alpha value is -12.4. The van der Waals surface area contributed by atoms with E-state index in [0.29, 0.717) is 34.0 Å². The number of aliphatic carboxylic acids is 3. The zero-order valence-corrected chi connectivity index (χ0v) is 62.1. The Labute approximate surface area is 646 Å². The van der Waals surface area contributed by atoms with E-state index in [2.05, 4.69) is 63.5 Å². The molecule has 3 heterocycles. The highest BCUT2D eigenvalue weighted by Crippen LogP contribution is 2.24. The number of H-pyrrole nitrogens is 1. The van der Waals surface area contributed by atoms with Crippen LogP contribution in [0.2, 0.25) is 0 Å². The topological polar surface area (TPSA) is 671 Å². The minimum atomic E-state index is -2.10. The highest BCUT2D eigenvalue weighted by atomic mass is 16.4. The normalized spacial score (nSPS) is 17.3. The highest BCUT2D eigenvalue weighted by molar-refractivity contribution is 6.02. The van der Waals surface area contributed by atoms with Gasteiger partial charge in [-0.1, -0.05) is 60.7 Å². The molecule has 0 spiro atoms. The van der Waals surface area contributed by atoms with Gasteiger partial charge in [-0.05, 0) is 101 Å². The Morgan fingerprint density at radius 2 is 1.02 bits per heavy atom. The average molecular weight is 1580 g/mol. The number of phenolic OH excluding ortho intramolecular Hbond substituents is 1. The number of carbonyl (C=O) groups is 16. The van der Waals surface area contributed by atoms with Crippen molar-refractivity contribution in [2.75, 3.05) is 26.2 Å². The van der Waals surface area contributed by atoms with E-state index in [1.54, 1.807) is 42.5 Å². The molecule has 2 aliphatic rings. The summed E-state index contributed by atoms with van der Waals surface area (Å²) in [7, 11) is 0. The van der Waals surface area contributed by atoms with Gasteiger partial charge >= 0.3 is 17.9 Å². The number of hydrogen-bond acceptors (Lipinski definition) is 22. The number of aliphatic hydroxyl groups excluding tert-OH is 3. The minimum absolute atomic E-state index is 0.0535. The van der Waals surface area contributed by atoms with Crippen LogP contribution in [0.15, 0.2) is 85.1 Å². The van der Waals surface area contributed by atoms with Crippen LogP contribution in [0, 0.1) is 5.41 Å². The molecule has 13 amide bonds. The molecular formula is C72H98N18O23. The van der Waals surface area contributed by atoms with E-state index >= 15 is 4.79 Å². The van der Waals surface area contributed by atoms with E-state index in [1.807, 2.05) is 0 Å². The number of aromatic nitrogens is 1. The molecule has 4 aromatic rings. The first kappa shape index (κ1) is 89.5. The molecule has 2 saturated heterocycles. The van der Waals surface area contributed by atoms with Gasteiger partial charge in [0.25, 0.3) is 0 Å². The van der Waals surface area contributed by atoms with Gasteiger partial charge in [0.2, 0.25) is 76.8 Å². The molecule has 0 bridgehead atoms. The third-order valence-electron chi connectivity index (χ3n) is 18.7. The second kappa shape index (κ2) is 42.7. The maximum absolute atomic E-state index is 15.1. The number of carboxylic acids is 3. The summed E-state index contributed by atoms with van der Waals surface area (Å²) in [5.74, 6) is -19.7. The second-order valence-corrected chi connectivity index (χ2v) is 27.4. The lowest BCUT2D eigenvalue weighted by Crippen LogP contribution is -2.62. The summed E-state index contributed by atoms with van der Waals surface area (Å²) < 4.78 is 0. The van der Waals surface area contributed by atoms with Gasteiger partial charge in [-0.3, -0.25) is 77.3 Å². The molecule has 41 nitrogen and oxygen atoms in total. The van der Waals surface area contributed by atoms with Crippen molar-refractivity contribution in [2.24, 2.45) is 17.2 Å². The van der Waals surface area contributed by atoms with Gasteiger partial charge < -0.3 is 126 Å². The van der Waals surface area contributed by atoms with Crippen LogP contribution in [0.1, 0.15) is 102 Å². The van der Waals surface area contributed by atoms with Crippen LogP contribution in [0.3, 0.4) is 0 Å². The fourth-order valence-electron chi connectivity index (χ4n) is 12.6. The number of hydrogen-bond donors (Lipinski definition) is 23. The Bertz CT molecular complexity index is 4110. The number of aliphatic hydroxyl groups is 3. The lowest BCUT2D eigenvalue weighted by molar-refractivity contribution is -0.146. The van der Waals surface area contributed by atoms with Crippen LogP contribution >= 0.6 is 0 Å². The van der Waals surface area contributed by atoms with E-state index in [9.17, 15) is 108 Å². The van der Waals surface area contributed by atoms with Crippen molar-refractivity contribution in [1.29, 1.82) is 5.41 Å². The van der Waals surface area contributed by atoms with Crippen LogP contribution in [0.5, 0.6) is 5.75 Å². The quantitative estimate of drug-likeness (QED) is 0.0111. The summed E-state index contributed by atoms with van der Waals surface area (Å²) in [6.07, 6.45) is -5.93. The molecule has 113 heavy (non-hydrogen) atoms. The molecule has 2 aliphatic heterocycles. The molecule has 0 aliphatic carbocycles. The third-order valence-corrected chi connectivity index (χ3v) is 18.7. The summed E-state index contributed by atoms with van der Waals surface area (Å²) in [5, 5.41) is 105. The molecule has 15 atom stereocenters. The lowest BCUT2D eigenvalue weighted by atomic mass is 10.0. The number of likely N-dealkylation sites (tertiary alicyclic amines) is 2. The van der Waals surface area contributed by atoms with Gasteiger partial charge in [-0.15, -0.1) is 0 Å². The molecule has 6 rings (SSSR count). The number of benzene rings is 3. The number of guanidine groups is 1. The molecule has 0 unspecified atom stereocenters. The van der Waals surface area contributed by atoms with Crippen molar-refractivity contribution < 1.29 is 112 Å². The predicted octanol–water partition coefficient (Wildman–Crippen LogP) is -6.60. The first-order valence-electron chi connectivity index (χ1n) is 36.2. The first-order valence-corrected chi connectivity index (χ1v) is 36.2. The summed E-state index contributed by atoms with van der Waals surface area (Å²) in [4.78, 5) is 225. The fraction of sp³-hybridized carbons (Fsp3) is 0.486. The SMILES string of the molecule is C[C@H](NC(=O)[C@@H]1CCCN1C(=O)[C@@H](N)[C@@H](C)O)C(=O)N[C@@H](Cc1ccc(O)cc1)C(=O)N[C@@H](Cc1c[nH]c2ccccc12)C(=O)N[C@@H](CCC(=O)O)C(=O)N[C@@H](Cc1ccccc1)C(=O)N[C@@H](CC(N)=O)C(=O)N[C@@H](CC(=O)O)C(=O)N1CCC[C@H]1C(=O)N[C@@H](CO)C(=O)N[C@H](C(=O)N[C@@H](CCCNC(=N)N)C(=O)O)[C@@H](C)O. The number of nitrogens with zero attached hydrogens (tertiary/aromatic N) is 2. The van der Waals surface area contributed by atoms with Gasteiger partial charge in [0, 0.05) is 62.4 Å². The monoisotopic (exact) mass is 1580 g/mol. The Kier molecular flexibility index (Phi) is 33.8. The summed E-state index contributed by atoms with van der Waals surface area (Å²) >= 11 is 0. The maximum atomic E-state index is 15.1. The highest BCUT2D eigenvalue weighted by Gasteiger charge is 2.43. The van der Waals surface area contributed by atoms with E-state index in [4.69, 9.17) is 22.6 Å². The molecule has 2 fully saturated rings. The fourth-order valence-corrected chi connectivity index (χ4v) is 12.6. The summed E-state index contributed by atoms with van der Waals surface area (Å²) in [6.45, 7) is 2.43. The van der Waals surface area contributed by atoms with Gasteiger partial charge in [-0.2, -0.15) is 0 Å². The summed E-state index contributed by atoms with van der Waals surface area (Å²) in [6, 6.07) is -1.87.